The van der Waals surface area contributed by atoms with E-state index in [1.165, 1.54) is 12.5 Å². The molecule has 0 aliphatic carbocycles. The molecular weight excluding hydrogens is 354 g/mol. The molecule has 1 fully saturated rings. The number of nitrogens with one attached hydrogen (secondary N) is 2. The zero-order valence-electron chi connectivity index (χ0n) is 16.2. The molecule has 0 spiro atoms. The Morgan fingerprint density at radius 2 is 1.71 bits per heavy atom. The van der Waals surface area contributed by atoms with Crippen LogP contribution in [0, 0.1) is 0 Å². The molecule has 1 unspecified atom stereocenters. The Morgan fingerprint density at radius 3 is 2.36 bits per heavy atom. The molecule has 1 saturated heterocycles. The molecule has 28 heavy (non-hydrogen) atoms. The van der Waals surface area contributed by atoms with Gasteiger partial charge in [-0.05, 0) is 23.3 Å². The second-order valence-electron chi connectivity index (χ2n) is 6.93. The molecule has 1 aliphatic heterocycles. The molecule has 1 atom stereocenters. The smallest absolute Gasteiger partial charge is 0.224 e. The number of amides is 2. The van der Waals surface area contributed by atoms with Gasteiger partial charge in [0.2, 0.25) is 11.8 Å². The van der Waals surface area contributed by atoms with Gasteiger partial charge < -0.3 is 15.4 Å². The summed E-state index contributed by atoms with van der Waals surface area (Å²) in [4.78, 5) is 25.9. The van der Waals surface area contributed by atoms with Crippen molar-refractivity contribution in [2.24, 2.45) is 0 Å². The molecule has 6 heteroatoms. The number of rotatable bonds is 7. The summed E-state index contributed by atoms with van der Waals surface area (Å²) < 4.78 is 5.47. The van der Waals surface area contributed by atoms with Crippen molar-refractivity contribution in [2.75, 3.05) is 38.2 Å². The van der Waals surface area contributed by atoms with Crippen molar-refractivity contribution in [2.45, 2.75) is 19.4 Å². The van der Waals surface area contributed by atoms with Gasteiger partial charge in [0.15, 0.2) is 0 Å². The van der Waals surface area contributed by atoms with E-state index in [4.69, 9.17) is 4.74 Å². The predicted octanol–water partition coefficient (Wildman–Crippen LogP) is 2.38. The van der Waals surface area contributed by atoms with Crippen LogP contribution in [-0.4, -0.2) is 49.6 Å². The van der Waals surface area contributed by atoms with E-state index in [1.807, 2.05) is 42.5 Å². The number of benzene rings is 2. The van der Waals surface area contributed by atoms with Gasteiger partial charge in [0.25, 0.3) is 0 Å². The summed E-state index contributed by atoms with van der Waals surface area (Å²) in [6.07, 6.45) is 0.310. The first-order valence-corrected chi connectivity index (χ1v) is 9.62. The van der Waals surface area contributed by atoms with Crippen LogP contribution < -0.4 is 10.6 Å². The van der Waals surface area contributed by atoms with E-state index in [9.17, 15) is 9.59 Å². The maximum absolute atomic E-state index is 12.5. The summed E-state index contributed by atoms with van der Waals surface area (Å²) in [6, 6.07) is 17.8. The molecule has 0 aromatic heterocycles. The van der Waals surface area contributed by atoms with E-state index in [0.29, 0.717) is 13.0 Å². The lowest BCUT2D eigenvalue weighted by atomic mass is 10.0. The van der Waals surface area contributed by atoms with Gasteiger partial charge in [-0.3, -0.25) is 14.5 Å². The van der Waals surface area contributed by atoms with E-state index in [1.54, 1.807) is 0 Å². The first-order valence-electron chi connectivity index (χ1n) is 9.62. The van der Waals surface area contributed by atoms with Crippen LogP contribution in [0.1, 0.15) is 24.1 Å². The Morgan fingerprint density at radius 1 is 1.04 bits per heavy atom. The highest BCUT2D eigenvalue weighted by atomic mass is 16.5. The standard InChI is InChI=1S/C22H27N3O3/c1-17(26)24-20-9-7-18(8-10-20)15-22(27)23-16-21(19-5-3-2-4-6-19)25-11-13-28-14-12-25/h2-10,21H,11-16H2,1H3,(H,23,27)(H,24,26). The van der Waals surface area contributed by atoms with E-state index < -0.39 is 0 Å². The summed E-state index contributed by atoms with van der Waals surface area (Å²) in [5.74, 6) is -0.123. The zero-order valence-corrected chi connectivity index (χ0v) is 16.2. The van der Waals surface area contributed by atoms with Crippen LogP contribution in [0.25, 0.3) is 0 Å². The van der Waals surface area contributed by atoms with Gasteiger partial charge >= 0.3 is 0 Å². The van der Waals surface area contributed by atoms with Crippen LogP contribution in [-0.2, 0) is 20.7 Å². The molecule has 148 valence electrons. The van der Waals surface area contributed by atoms with Crippen LogP contribution in [0.15, 0.2) is 54.6 Å². The van der Waals surface area contributed by atoms with Crippen LogP contribution >= 0.6 is 0 Å². The fourth-order valence-corrected chi connectivity index (χ4v) is 3.39. The Hall–Kier alpha value is -2.70. The number of carbonyl (C=O) groups excluding carboxylic acids is 2. The molecule has 1 heterocycles. The van der Waals surface area contributed by atoms with Gasteiger partial charge in [0.05, 0.1) is 25.7 Å². The van der Waals surface area contributed by atoms with Crippen LogP contribution in [0.4, 0.5) is 5.69 Å². The van der Waals surface area contributed by atoms with Crippen molar-refractivity contribution >= 4 is 17.5 Å². The van der Waals surface area contributed by atoms with Gasteiger partial charge in [-0.25, -0.2) is 0 Å². The molecule has 0 bridgehead atoms. The quantitative estimate of drug-likeness (QED) is 0.773. The highest BCUT2D eigenvalue weighted by Crippen LogP contribution is 2.21. The average molecular weight is 381 g/mol. The second kappa shape index (κ2) is 10.0. The minimum atomic E-state index is -0.111. The summed E-state index contributed by atoms with van der Waals surface area (Å²) >= 11 is 0. The number of ether oxygens (including phenoxy) is 1. The van der Waals surface area contributed by atoms with Gasteiger partial charge in [-0.15, -0.1) is 0 Å². The lowest BCUT2D eigenvalue weighted by Gasteiger charge is -2.35. The Labute approximate surface area is 165 Å². The number of hydrogen-bond acceptors (Lipinski definition) is 4. The largest absolute Gasteiger partial charge is 0.379 e. The number of nitrogens with zero attached hydrogens (tertiary/aromatic N) is 1. The Balaban J connectivity index is 1.58. The first-order chi connectivity index (χ1) is 13.6. The van der Waals surface area contributed by atoms with Crippen LogP contribution in [0.5, 0.6) is 0 Å². The summed E-state index contributed by atoms with van der Waals surface area (Å²) in [5.41, 5.74) is 2.84. The summed E-state index contributed by atoms with van der Waals surface area (Å²) in [7, 11) is 0. The van der Waals surface area contributed by atoms with E-state index in [-0.39, 0.29) is 17.9 Å². The molecule has 2 aromatic rings. The molecule has 2 amide bonds. The SMILES string of the molecule is CC(=O)Nc1ccc(CC(=O)NCC(c2ccccc2)N2CCOCC2)cc1. The lowest BCUT2D eigenvalue weighted by Crippen LogP contribution is -2.44. The van der Waals surface area contributed by atoms with Crippen LogP contribution in [0.3, 0.4) is 0 Å². The molecule has 2 N–H and O–H groups in total. The third-order valence-corrected chi connectivity index (χ3v) is 4.80. The summed E-state index contributed by atoms with van der Waals surface area (Å²) in [6.45, 7) is 5.20. The monoisotopic (exact) mass is 381 g/mol. The second-order valence-corrected chi connectivity index (χ2v) is 6.93. The predicted molar refractivity (Wildman–Crippen MR) is 109 cm³/mol. The van der Waals surface area contributed by atoms with Crippen molar-refractivity contribution < 1.29 is 14.3 Å². The highest BCUT2D eigenvalue weighted by Gasteiger charge is 2.23. The van der Waals surface area contributed by atoms with Gasteiger partial charge in [-0.2, -0.15) is 0 Å². The van der Waals surface area contributed by atoms with Crippen molar-refractivity contribution in [3.8, 4) is 0 Å². The maximum atomic E-state index is 12.5. The number of hydrogen-bond donors (Lipinski definition) is 2. The van der Waals surface area contributed by atoms with E-state index >= 15 is 0 Å². The fraction of sp³-hybridized carbons (Fsp3) is 0.364. The molecule has 3 rings (SSSR count). The number of carbonyl (C=O) groups is 2. The Kier molecular flexibility index (Phi) is 7.17. The topological polar surface area (TPSA) is 70.7 Å². The maximum Gasteiger partial charge on any atom is 0.224 e. The molecule has 2 aromatic carbocycles. The third kappa shape index (κ3) is 5.90. The number of morpholine rings is 1. The van der Waals surface area contributed by atoms with Crippen molar-refractivity contribution in [3.63, 3.8) is 0 Å². The molecular formula is C22H27N3O3. The average Bonchev–Trinajstić information content (AvgIpc) is 2.71. The van der Waals surface area contributed by atoms with Crippen molar-refractivity contribution in [1.82, 2.24) is 10.2 Å². The van der Waals surface area contributed by atoms with Crippen LogP contribution in [0.2, 0.25) is 0 Å². The van der Waals surface area contributed by atoms with E-state index in [2.05, 4.69) is 27.7 Å². The van der Waals surface area contributed by atoms with Crippen molar-refractivity contribution in [3.05, 3.63) is 65.7 Å². The fourth-order valence-electron chi connectivity index (χ4n) is 3.39. The normalized spacial score (nSPS) is 15.6. The molecule has 1 aliphatic rings. The first kappa shape index (κ1) is 20.0. The van der Waals surface area contributed by atoms with E-state index in [0.717, 1.165) is 37.6 Å². The van der Waals surface area contributed by atoms with Gasteiger partial charge in [0.1, 0.15) is 0 Å². The molecule has 6 nitrogen and oxygen atoms in total. The highest BCUT2D eigenvalue weighted by molar-refractivity contribution is 5.88. The zero-order chi connectivity index (χ0) is 19.8. The minimum Gasteiger partial charge on any atom is -0.379 e. The van der Waals surface area contributed by atoms with Gasteiger partial charge in [-0.1, -0.05) is 42.5 Å². The Bertz CT molecular complexity index is 771. The van der Waals surface area contributed by atoms with Gasteiger partial charge in [0, 0.05) is 32.2 Å². The third-order valence-electron chi connectivity index (χ3n) is 4.80. The number of anilines is 1. The van der Waals surface area contributed by atoms with Crippen molar-refractivity contribution in [1.29, 1.82) is 0 Å². The molecule has 0 saturated carbocycles. The lowest BCUT2D eigenvalue weighted by molar-refractivity contribution is -0.120. The minimum absolute atomic E-state index is 0.0125. The summed E-state index contributed by atoms with van der Waals surface area (Å²) in [5, 5.41) is 5.81. The molecule has 0 radical (unpaired) electrons.